The molecule has 1 aromatic carbocycles. The fraction of sp³-hybridized carbons (Fsp3) is 0.286. The quantitative estimate of drug-likeness (QED) is 0.883. The highest BCUT2D eigenvalue weighted by Gasteiger charge is 2.12. The Hall–Kier alpha value is -2.30. The van der Waals surface area contributed by atoms with Crippen molar-refractivity contribution >= 4 is 5.97 Å². The van der Waals surface area contributed by atoms with E-state index in [-0.39, 0.29) is 6.42 Å². The average Bonchev–Trinajstić information content (AvgIpc) is 2.86. The van der Waals surface area contributed by atoms with Gasteiger partial charge in [0, 0.05) is 5.56 Å². The van der Waals surface area contributed by atoms with Crippen LogP contribution in [0, 0.1) is 0 Å². The van der Waals surface area contributed by atoms with E-state index in [4.69, 9.17) is 9.84 Å². The second-order valence-corrected chi connectivity index (χ2v) is 4.59. The minimum Gasteiger partial charge on any atom is -0.493 e. The molecule has 3 rings (SSSR count). The van der Waals surface area contributed by atoms with E-state index < -0.39 is 5.97 Å². The fourth-order valence-corrected chi connectivity index (χ4v) is 2.27. The van der Waals surface area contributed by atoms with Gasteiger partial charge >= 0.3 is 5.97 Å². The molecule has 5 heteroatoms. The Morgan fingerprint density at radius 2 is 2.37 bits per heavy atom. The molecule has 0 saturated carbocycles. The molecular formula is C14H14N2O3. The van der Waals surface area contributed by atoms with Crippen molar-refractivity contribution < 1.29 is 14.6 Å². The summed E-state index contributed by atoms with van der Waals surface area (Å²) in [5, 5.41) is 8.73. The number of carboxylic acid groups (broad SMARTS) is 1. The van der Waals surface area contributed by atoms with Gasteiger partial charge in [-0.3, -0.25) is 4.79 Å². The first-order valence-electron chi connectivity index (χ1n) is 6.24. The lowest BCUT2D eigenvalue weighted by atomic mass is 10.0. The monoisotopic (exact) mass is 258 g/mol. The van der Waals surface area contributed by atoms with Crippen LogP contribution in [-0.4, -0.2) is 27.7 Å². The molecule has 2 N–H and O–H groups in total. The maximum Gasteiger partial charge on any atom is 0.311 e. The van der Waals surface area contributed by atoms with Crippen molar-refractivity contribution in [1.82, 2.24) is 9.97 Å². The Kier molecular flexibility index (Phi) is 2.95. The normalized spacial score (nSPS) is 13.7. The second-order valence-electron chi connectivity index (χ2n) is 4.59. The Balaban J connectivity index is 1.89. The van der Waals surface area contributed by atoms with Gasteiger partial charge in [-0.1, -0.05) is 0 Å². The molecule has 0 atom stereocenters. The molecule has 2 heterocycles. The molecule has 1 aromatic heterocycles. The summed E-state index contributed by atoms with van der Waals surface area (Å²) in [5.41, 5.74) is 3.04. The average molecular weight is 258 g/mol. The van der Waals surface area contributed by atoms with Crippen LogP contribution in [0.25, 0.3) is 11.3 Å². The first-order valence-corrected chi connectivity index (χ1v) is 6.24. The van der Waals surface area contributed by atoms with Crippen LogP contribution in [0.2, 0.25) is 0 Å². The largest absolute Gasteiger partial charge is 0.493 e. The summed E-state index contributed by atoms with van der Waals surface area (Å²) >= 11 is 0. The number of fused-ring (bicyclic) bond motifs is 1. The van der Waals surface area contributed by atoms with E-state index in [0.717, 1.165) is 36.5 Å². The third kappa shape index (κ3) is 2.45. The number of benzene rings is 1. The maximum atomic E-state index is 10.6. The summed E-state index contributed by atoms with van der Waals surface area (Å²) < 4.78 is 5.57. The Morgan fingerprint density at radius 1 is 1.47 bits per heavy atom. The molecule has 98 valence electrons. The fourth-order valence-electron chi connectivity index (χ4n) is 2.27. The smallest absolute Gasteiger partial charge is 0.311 e. The second kappa shape index (κ2) is 4.76. The molecule has 1 aliphatic rings. The number of nitrogens with zero attached hydrogens (tertiary/aromatic N) is 1. The van der Waals surface area contributed by atoms with Gasteiger partial charge in [-0.15, -0.1) is 0 Å². The zero-order chi connectivity index (χ0) is 13.2. The van der Waals surface area contributed by atoms with Crippen LogP contribution in [0.15, 0.2) is 24.4 Å². The summed E-state index contributed by atoms with van der Waals surface area (Å²) in [6.45, 7) is 0.777. The highest BCUT2D eigenvalue weighted by molar-refractivity contribution is 5.70. The predicted octanol–water partition coefficient (Wildman–Crippen LogP) is 2.03. The number of H-pyrrole nitrogens is 1. The Labute approximate surface area is 110 Å². The van der Waals surface area contributed by atoms with Crippen molar-refractivity contribution in [3.63, 3.8) is 0 Å². The number of aromatic nitrogens is 2. The predicted molar refractivity (Wildman–Crippen MR) is 69.2 cm³/mol. The summed E-state index contributed by atoms with van der Waals surface area (Å²) in [6, 6.07) is 6.00. The van der Waals surface area contributed by atoms with E-state index in [0.29, 0.717) is 5.82 Å². The molecule has 0 unspecified atom stereocenters. The summed E-state index contributed by atoms with van der Waals surface area (Å²) in [7, 11) is 0. The highest BCUT2D eigenvalue weighted by Crippen LogP contribution is 2.29. The number of aromatic amines is 1. The molecule has 5 nitrogen and oxygen atoms in total. The number of imidazole rings is 1. The first kappa shape index (κ1) is 11.8. The van der Waals surface area contributed by atoms with E-state index >= 15 is 0 Å². The molecule has 19 heavy (non-hydrogen) atoms. The van der Waals surface area contributed by atoms with Gasteiger partial charge in [-0.25, -0.2) is 4.98 Å². The molecule has 0 fully saturated rings. The van der Waals surface area contributed by atoms with Gasteiger partial charge in [0.25, 0.3) is 0 Å². The lowest BCUT2D eigenvalue weighted by Crippen LogP contribution is -2.08. The minimum atomic E-state index is -0.889. The Morgan fingerprint density at radius 3 is 3.21 bits per heavy atom. The highest BCUT2D eigenvalue weighted by atomic mass is 16.5. The standard InChI is InChI=1S/C14H14N2O3/c17-14(18)7-13-15-8-11(16-13)9-3-4-12-10(6-9)2-1-5-19-12/h3-4,6,8H,1-2,5,7H2,(H,15,16)(H,17,18). The van der Waals surface area contributed by atoms with Gasteiger partial charge in [0.15, 0.2) is 0 Å². The molecule has 1 aliphatic heterocycles. The van der Waals surface area contributed by atoms with Crippen LogP contribution in [-0.2, 0) is 17.6 Å². The van der Waals surface area contributed by atoms with E-state index in [2.05, 4.69) is 16.0 Å². The summed E-state index contributed by atoms with van der Waals surface area (Å²) in [5.74, 6) is 0.525. The zero-order valence-electron chi connectivity index (χ0n) is 10.3. The van der Waals surface area contributed by atoms with Crippen LogP contribution >= 0.6 is 0 Å². The number of rotatable bonds is 3. The van der Waals surface area contributed by atoms with Crippen LogP contribution in [0.5, 0.6) is 5.75 Å². The lowest BCUT2D eigenvalue weighted by molar-refractivity contribution is -0.136. The van der Waals surface area contributed by atoms with E-state index in [1.54, 1.807) is 6.20 Å². The van der Waals surface area contributed by atoms with Crippen LogP contribution in [0.1, 0.15) is 17.8 Å². The van der Waals surface area contributed by atoms with Gasteiger partial charge in [0.05, 0.1) is 18.5 Å². The van der Waals surface area contributed by atoms with Crippen molar-refractivity contribution in [3.05, 3.63) is 35.8 Å². The number of carboxylic acids is 1. The minimum absolute atomic E-state index is 0.0892. The van der Waals surface area contributed by atoms with Gasteiger partial charge in [0.1, 0.15) is 18.0 Å². The molecule has 0 amide bonds. The third-order valence-electron chi connectivity index (χ3n) is 3.17. The maximum absolute atomic E-state index is 10.6. The van der Waals surface area contributed by atoms with Gasteiger partial charge in [-0.05, 0) is 36.6 Å². The Bertz CT molecular complexity index is 619. The van der Waals surface area contributed by atoms with E-state index in [1.807, 2.05) is 12.1 Å². The molecule has 0 saturated heterocycles. The van der Waals surface area contributed by atoms with Crippen molar-refractivity contribution in [2.75, 3.05) is 6.61 Å². The molecule has 0 radical (unpaired) electrons. The number of carbonyl (C=O) groups is 1. The first-order chi connectivity index (χ1) is 9.22. The van der Waals surface area contributed by atoms with Gasteiger partial charge in [-0.2, -0.15) is 0 Å². The van der Waals surface area contributed by atoms with Crippen LogP contribution in [0.3, 0.4) is 0 Å². The number of ether oxygens (including phenoxy) is 1. The van der Waals surface area contributed by atoms with E-state index in [9.17, 15) is 4.79 Å². The number of aliphatic carboxylic acids is 1. The van der Waals surface area contributed by atoms with Crippen molar-refractivity contribution in [2.45, 2.75) is 19.3 Å². The van der Waals surface area contributed by atoms with Crippen LogP contribution < -0.4 is 4.74 Å². The molecule has 0 spiro atoms. The van der Waals surface area contributed by atoms with Crippen molar-refractivity contribution in [1.29, 1.82) is 0 Å². The van der Waals surface area contributed by atoms with Gasteiger partial charge < -0.3 is 14.8 Å². The summed E-state index contributed by atoms with van der Waals surface area (Å²) in [6.07, 6.45) is 3.63. The number of hydrogen-bond acceptors (Lipinski definition) is 3. The number of aryl methyl sites for hydroxylation is 1. The van der Waals surface area contributed by atoms with Crippen LogP contribution in [0.4, 0.5) is 0 Å². The molecular weight excluding hydrogens is 244 g/mol. The number of nitrogens with one attached hydrogen (secondary N) is 1. The van der Waals surface area contributed by atoms with Crippen molar-refractivity contribution in [2.24, 2.45) is 0 Å². The molecule has 0 aliphatic carbocycles. The number of hydrogen-bond donors (Lipinski definition) is 2. The molecule has 0 bridgehead atoms. The van der Waals surface area contributed by atoms with Crippen molar-refractivity contribution in [3.8, 4) is 17.0 Å². The summed E-state index contributed by atoms with van der Waals surface area (Å²) in [4.78, 5) is 17.7. The van der Waals surface area contributed by atoms with Gasteiger partial charge in [0.2, 0.25) is 0 Å². The lowest BCUT2D eigenvalue weighted by Gasteiger charge is -2.17. The molecule has 2 aromatic rings. The third-order valence-corrected chi connectivity index (χ3v) is 3.17. The SMILES string of the molecule is O=C(O)Cc1ncc(-c2ccc3c(c2)CCCO3)[nH]1. The zero-order valence-corrected chi connectivity index (χ0v) is 10.3. The topological polar surface area (TPSA) is 75.2 Å². The van der Waals surface area contributed by atoms with E-state index in [1.165, 1.54) is 5.56 Å².